The summed E-state index contributed by atoms with van der Waals surface area (Å²) in [5.74, 6) is -3.75. The quantitative estimate of drug-likeness (QED) is 0.214. The number of hydrogen-bond acceptors (Lipinski definition) is 7. The van der Waals surface area contributed by atoms with Crippen LogP contribution < -0.4 is 15.5 Å². The van der Waals surface area contributed by atoms with Crippen LogP contribution in [-0.4, -0.2) is 66.5 Å². The predicted molar refractivity (Wildman–Crippen MR) is 197 cm³/mol. The van der Waals surface area contributed by atoms with Gasteiger partial charge in [-0.3, -0.25) is 14.4 Å². The molecule has 0 saturated carbocycles. The maximum Gasteiger partial charge on any atom is 0.262 e. The predicted octanol–water partition coefficient (Wildman–Crippen LogP) is 7.40. The smallest absolute Gasteiger partial charge is 0.262 e. The normalized spacial score (nSPS) is 18.7. The Morgan fingerprint density at radius 3 is 2.42 bits per heavy atom. The number of carbonyl (C=O) groups is 3. The van der Waals surface area contributed by atoms with Crippen molar-refractivity contribution in [1.82, 2.24) is 9.88 Å². The number of nitrogens with zero attached hydrogens (tertiary/aromatic N) is 3. The highest BCUT2D eigenvalue weighted by molar-refractivity contribution is 7.17. The van der Waals surface area contributed by atoms with Crippen LogP contribution in [0.1, 0.15) is 66.5 Å². The van der Waals surface area contributed by atoms with Crippen molar-refractivity contribution in [1.29, 1.82) is 0 Å². The number of ether oxygens (including phenoxy) is 1. The number of fused-ring (bicyclic) bond motifs is 3. The van der Waals surface area contributed by atoms with Crippen molar-refractivity contribution in [3.8, 4) is 0 Å². The SMILES string of the molecule is Cc1ccc(C(=O)Nc2ccc(C(=O)N3CCc4c(sc(NC(=O)c5c(F)cccc5F)c4F)C4=CC=CCC43)cc2)c(N2CC3(CCOCC3)C2)n1. The summed E-state index contributed by atoms with van der Waals surface area (Å²) in [5, 5.41) is 5.18. The van der Waals surface area contributed by atoms with Crippen LogP contribution in [0, 0.1) is 29.8 Å². The number of allylic oxidation sites excluding steroid dienone is 2. The maximum atomic E-state index is 15.9. The van der Waals surface area contributed by atoms with Gasteiger partial charge in [-0.25, -0.2) is 18.2 Å². The maximum absolute atomic E-state index is 15.9. The molecule has 13 heteroatoms. The van der Waals surface area contributed by atoms with Crippen LogP contribution in [0.4, 0.5) is 29.7 Å². The third-order valence-corrected chi connectivity index (χ3v) is 11.7. The van der Waals surface area contributed by atoms with E-state index < -0.39 is 35.0 Å². The Labute approximate surface area is 308 Å². The first kappa shape index (κ1) is 34.8. The van der Waals surface area contributed by atoms with Crippen LogP contribution >= 0.6 is 11.3 Å². The van der Waals surface area contributed by atoms with Gasteiger partial charge in [0.2, 0.25) is 0 Å². The van der Waals surface area contributed by atoms with Gasteiger partial charge in [0.15, 0.2) is 5.82 Å². The molecule has 0 radical (unpaired) electrons. The van der Waals surface area contributed by atoms with Gasteiger partial charge in [-0.1, -0.05) is 24.3 Å². The number of thiophene rings is 1. The molecular formula is C40H36F3N5O4S. The first-order chi connectivity index (χ1) is 25.6. The van der Waals surface area contributed by atoms with Gasteiger partial charge in [0.1, 0.15) is 28.0 Å². The Kier molecular flexibility index (Phi) is 9.15. The topological polar surface area (TPSA) is 104 Å². The minimum atomic E-state index is -1.09. The van der Waals surface area contributed by atoms with Crippen molar-refractivity contribution >= 4 is 51.1 Å². The monoisotopic (exact) mass is 739 g/mol. The van der Waals surface area contributed by atoms with E-state index >= 15 is 4.39 Å². The van der Waals surface area contributed by atoms with Crippen LogP contribution in [0.25, 0.3) is 5.57 Å². The number of aromatic nitrogens is 1. The fourth-order valence-electron chi connectivity index (χ4n) is 7.69. The van der Waals surface area contributed by atoms with Gasteiger partial charge in [-0.05, 0) is 86.7 Å². The van der Waals surface area contributed by atoms with E-state index in [0.717, 1.165) is 74.4 Å². The first-order valence-corrected chi connectivity index (χ1v) is 18.4. The Morgan fingerprint density at radius 1 is 0.943 bits per heavy atom. The van der Waals surface area contributed by atoms with E-state index in [2.05, 4.69) is 15.5 Å². The number of halogens is 3. The minimum absolute atomic E-state index is 0.143. The molecule has 2 fully saturated rings. The van der Waals surface area contributed by atoms with E-state index in [9.17, 15) is 23.2 Å². The molecule has 0 bridgehead atoms. The lowest BCUT2D eigenvalue weighted by molar-refractivity contribution is -0.000520. The van der Waals surface area contributed by atoms with E-state index in [0.29, 0.717) is 45.1 Å². The lowest BCUT2D eigenvalue weighted by Gasteiger charge is -2.53. The number of benzene rings is 2. The van der Waals surface area contributed by atoms with Crippen LogP contribution in [-0.2, 0) is 11.2 Å². The van der Waals surface area contributed by atoms with Crippen LogP contribution in [0.2, 0.25) is 0 Å². The number of aryl methyl sites for hydroxylation is 1. The van der Waals surface area contributed by atoms with Crippen molar-refractivity contribution in [2.75, 3.05) is 48.4 Å². The summed E-state index contributed by atoms with van der Waals surface area (Å²) in [6, 6.07) is 13.0. The highest BCUT2D eigenvalue weighted by Crippen LogP contribution is 2.44. The van der Waals surface area contributed by atoms with Gasteiger partial charge >= 0.3 is 0 Å². The molecule has 53 heavy (non-hydrogen) atoms. The van der Waals surface area contributed by atoms with Crippen molar-refractivity contribution in [2.24, 2.45) is 5.41 Å². The molecule has 3 aliphatic heterocycles. The summed E-state index contributed by atoms with van der Waals surface area (Å²) in [6.45, 7) is 5.29. The van der Waals surface area contributed by atoms with Crippen molar-refractivity contribution in [3.63, 3.8) is 0 Å². The van der Waals surface area contributed by atoms with Crippen LogP contribution in [0.15, 0.2) is 72.8 Å². The highest BCUT2D eigenvalue weighted by atomic mass is 32.1. The van der Waals surface area contributed by atoms with E-state index in [-0.39, 0.29) is 35.2 Å². The zero-order valence-corrected chi connectivity index (χ0v) is 29.7. The lowest BCUT2D eigenvalue weighted by atomic mass is 9.73. The van der Waals surface area contributed by atoms with Crippen LogP contribution in [0.5, 0.6) is 0 Å². The van der Waals surface area contributed by atoms with Gasteiger partial charge < -0.3 is 25.2 Å². The zero-order valence-electron chi connectivity index (χ0n) is 28.9. The average Bonchev–Trinajstić information content (AvgIpc) is 3.34. The number of hydrogen-bond donors (Lipinski definition) is 2. The average molecular weight is 740 g/mol. The van der Waals surface area contributed by atoms with E-state index in [1.807, 2.05) is 31.2 Å². The highest BCUT2D eigenvalue weighted by Gasteiger charge is 2.45. The zero-order chi connectivity index (χ0) is 36.9. The second kappa shape index (κ2) is 13.9. The van der Waals surface area contributed by atoms with Crippen molar-refractivity contribution in [3.05, 3.63) is 123 Å². The molecule has 1 atom stereocenters. The molecule has 9 nitrogen and oxygen atoms in total. The fourth-order valence-corrected chi connectivity index (χ4v) is 8.89. The molecule has 272 valence electrons. The Hall–Kier alpha value is -5.27. The van der Waals surface area contributed by atoms with E-state index in [4.69, 9.17) is 9.72 Å². The largest absolute Gasteiger partial charge is 0.381 e. The number of amides is 3. The fraction of sp³-hybridized carbons (Fsp3) is 0.300. The van der Waals surface area contributed by atoms with E-state index in [1.54, 1.807) is 35.2 Å². The van der Waals surface area contributed by atoms with Crippen LogP contribution in [0.3, 0.4) is 0 Å². The molecule has 3 amide bonds. The molecule has 1 aliphatic carbocycles. The molecule has 4 aromatic rings. The molecule has 1 spiro atoms. The molecule has 8 rings (SSSR count). The number of nitrogens with one attached hydrogen (secondary N) is 2. The molecule has 2 N–H and O–H groups in total. The van der Waals surface area contributed by atoms with E-state index in [1.165, 1.54) is 0 Å². The van der Waals surface area contributed by atoms with Gasteiger partial charge in [-0.2, -0.15) is 0 Å². The third-order valence-electron chi connectivity index (χ3n) is 10.5. The van der Waals surface area contributed by atoms with Crippen molar-refractivity contribution < 1.29 is 32.3 Å². The Bertz CT molecular complexity index is 2170. The number of pyridine rings is 1. The van der Waals surface area contributed by atoms with Gasteiger partial charge in [0.05, 0.1) is 11.6 Å². The second-order valence-electron chi connectivity index (χ2n) is 14.0. The summed E-state index contributed by atoms with van der Waals surface area (Å²) in [7, 11) is 0. The van der Waals surface area contributed by atoms with Crippen molar-refractivity contribution in [2.45, 2.75) is 38.6 Å². The standard InChI is InChI=1S/C40H36F3N5O4S/c1-23-9-14-28(35(44-23)47-21-40(22-47)16-19-52-20-17-40)36(49)45-25-12-10-24(11-13-25)39(51)48-18-15-27-33(43)38(53-34(27)26-5-2-3-8-31(26)48)46-37(50)32-29(41)6-4-7-30(32)42/h2-7,9-14,31H,8,15-22H2,1H3,(H,45,49)(H,46,50). The molecule has 5 heterocycles. The molecule has 2 saturated heterocycles. The van der Waals surface area contributed by atoms with Gasteiger partial charge in [0.25, 0.3) is 17.7 Å². The van der Waals surface area contributed by atoms with Gasteiger partial charge in [0, 0.05) is 65.6 Å². The summed E-state index contributed by atoms with van der Waals surface area (Å²) in [5.41, 5.74) is 2.70. The summed E-state index contributed by atoms with van der Waals surface area (Å²) in [4.78, 5) is 49.5. The number of anilines is 3. The molecule has 2 aromatic heterocycles. The Morgan fingerprint density at radius 2 is 1.68 bits per heavy atom. The number of carbonyl (C=O) groups excluding carboxylic acids is 3. The summed E-state index contributed by atoms with van der Waals surface area (Å²) in [6.07, 6.45) is 8.26. The summed E-state index contributed by atoms with van der Waals surface area (Å²) < 4.78 is 49.9. The molecule has 1 unspecified atom stereocenters. The first-order valence-electron chi connectivity index (χ1n) is 17.6. The Balaban J connectivity index is 0.967. The lowest BCUT2D eigenvalue weighted by Crippen LogP contribution is -2.59. The molecular weight excluding hydrogens is 704 g/mol. The number of rotatable bonds is 6. The van der Waals surface area contributed by atoms with Gasteiger partial charge in [-0.15, -0.1) is 11.3 Å². The minimum Gasteiger partial charge on any atom is -0.381 e. The molecule has 4 aliphatic rings. The second-order valence-corrected chi connectivity index (χ2v) is 15.0. The third kappa shape index (κ3) is 6.52. The molecule has 2 aromatic carbocycles. The summed E-state index contributed by atoms with van der Waals surface area (Å²) >= 11 is 0.980.